The van der Waals surface area contributed by atoms with Crippen LogP contribution in [0.2, 0.25) is 0 Å². The van der Waals surface area contributed by atoms with Crippen LogP contribution in [0, 0.1) is 0 Å². The highest BCUT2D eigenvalue weighted by atomic mass is 16.2. The summed E-state index contributed by atoms with van der Waals surface area (Å²) in [5.74, 6) is 0.116. The van der Waals surface area contributed by atoms with E-state index in [4.69, 9.17) is 0 Å². The van der Waals surface area contributed by atoms with E-state index in [0.717, 1.165) is 15.8 Å². The van der Waals surface area contributed by atoms with Gasteiger partial charge in [0.15, 0.2) is 5.65 Å². The predicted molar refractivity (Wildman–Crippen MR) is 120 cm³/mol. The van der Waals surface area contributed by atoms with Crippen molar-refractivity contribution in [3.63, 3.8) is 0 Å². The van der Waals surface area contributed by atoms with Crippen molar-refractivity contribution in [3.8, 4) is 0 Å². The second-order valence-corrected chi connectivity index (χ2v) is 8.75. The maximum Gasteiger partial charge on any atom is 0.332 e. The van der Waals surface area contributed by atoms with Gasteiger partial charge in [-0.2, -0.15) is 0 Å². The number of aromatic amines is 1. The van der Waals surface area contributed by atoms with Gasteiger partial charge in [-0.3, -0.25) is 23.5 Å². The number of H-pyrrole nitrogens is 1. The van der Waals surface area contributed by atoms with Gasteiger partial charge in [0.2, 0.25) is 11.8 Å². The molecule has 0 bridgehead atoms. The third-order valence-corrected chi connectivity index (χ3v) is 5.95. The summed E-state index contributed by atoms with van der Waals surface area (Å²) < 4.78 is 2.32. The van der Waals surface area contributed by atoms with Crippen LogP contribution in [0.1, 0.15) is 31.7 Å². The van der Waals surface area contributed by atoms with Crippen molar-refractivity contribution < 1.29 is 9.59 Å². The number of para-hydroxylation sites is 1. The van der Waals surface area contributed by atoms with Gasteiger partial charge in [-0.1, -0.05) is 32.0 Å². The normalized spacial score (nSPS) is 15.1. The van der Waals surface area contributed by atoms with E-state index in [1.165, 1.54) is 16.5 Å². The van der Waals surface area contributed by atoms with E-state index in [0.29, 0.717) is 18.7 Å². The summed E-state index contributed by atoms with van der Waals surface area (Å²) in [6.45, 7) is 4.25. The molecule has 3 heterocycles. The number of hydrogen-bond acceptors (Lipinski definition) is 5. The fourth-order valence-corrected chi connectivity index (χ4v) is 4.17. The van der Waals surface area contributed by atoms with E-state index >= 15 is 0 Å². The molecule has 4 rings (SSSR count). The lowest BCUT2D eigenvalue weighted by Crippen LogP contribution is -2.47. The molecule has 2 amide bonds. The maximum absolute atomic E-state index is 12.7. The Balaban J connectivity index is 1.44. The molecule has 3 aromatic rings. The van der Waals surface area contributed by atoms with Crippen molar-refractivity contribution in [3.05, 3.63) is 56.5 Å². The lowest BCUT2D eigenvalue weighted by atomic mass is 9.77. The Morgan fingerprint density at radius 1 is 1.16 bits per heavy atom. The van der Waals surface area contributed by atoms with Gasteiger partial charge in [-0.25, -0.2) is 9.78 Å². The minimum absolute atomic E-state index is 0.0684. The second kappa shape index (κ2) is 7.77. The zero-order valence-corrected chi connectivity index (χ0v) is 18.6. The first kappa shape index (κ1) is 21.5. The Hall–Kier alpha value is -3.69. The van der Waals surface area contributed by atoms with Crippen LogP contribution in [0.5, 0.6) is 0 Å². The van der Waals surface area contributed by atoms with Crippen LogP contribution in [0.4, 0.5) is 5.69 Å². The highest BCUT2D eigenvalue weighted by molar-refractivity contribution is 6.02. The lowest BCUT2D eigenvalue weighted by Gasteiger charge is -2.38. The van der Waals surface area contributed by atoms with E-state index in [1.807, 2.05) is 38.1 Å². The number of benzene rings is 1. The highest BCUT2D eigenvalue weighted by Crippen LogP contribution is 2.39. The average molecular weight is 438 g/mol. The number of nitrogens with one attached hydrogen (secondary N) is 2. The van der Waals surface area contributed by atoms with E-state index < -0.39 is 11.2 Å². The standard InChI is InChI=1S/C22H26N6O4/c1-22(2)11-17(30)28(14-8-6-5-7-13(14)22)12-16(29)23-10-9-15-24-18-19(25-15)26(3)21(32)27(4)20(18)31/h5-8H,9-12H2,1-4H3,(H,23,29)(H,24,25). The SMILES string of the molecule is Cn1c(=O)c2[nH]c(CCNC(=O)CN3C(=O)CC(C)(C)c4ccccc43)nc2n(C)c1=O. The van der Waals surface area contributed by atoms with Crippen LogP contribution in [-0.2, 0) is 35.5 Å². The first-order chi connectivity index (χ1) is 15.1. The number of nitrogens with zero attached hydrogens (tertiary/aromatic N) is 4. The molecule has 2 aromatic heterocycles. The third-order valence-electron chi connectivity index (χ3n) is 5.95. The summed E-state index contributed by atoms with van der Waals surface area (Å²) in [4.78, 5) is 58.3. The molecule has 0 saturated heterocycles. The molecule has 0 fully saturated rings. The molecule has 1 aliphatic rings. The highest BCUT2D eigenvalue weighted by Gasteiger charge is 2.36. The fourth-order valence-electron chi connectivity index (χ4n) is 4.17. The smallest absolute Gasteiger partial charge is 0.332 e. The number of rotatable bonds is 5. The molecule has 32 heavy (non-hydrogen) atoms. The van der Waals surface area contributed by atoms with Crippen molar-refractivity contribution >= 4 is 28.7 Å². The molecule has 10 heteroatoms. The molecule has 1 aliphatic heterocycles. The molecule has 10 nitrogen and oxygen atoms in total. The summed E-state index contributed by atoms with van der Waals surface area (Å²) in [5, 5.41) is 2.80. The molecule has 0 spiro atoms. The third kappa shape index (κ3) is 3.61. The van der Waals surface area contributed by atoms with Gasteiger partial charge in [0, 0.05) is 44.6 Å². The number of fused-ring (bicyclic) bond motifs is 2. The molecular weight excluding hydrogens is 412 g/mol. The number of aryl methyl sites for hydroxylation is 1. The van der Waals surface area contributed by atoms with E-state index in [-0.39, 0.29) is 41.5 Å². The predicted octanol–water partition coefficient (Wildman–Crippen LogP) is 0.334. The molecule has 2 N–H and O–H groups in total. The van der Waals surface area contributed by atoms with Crippen LogP contribution in [-0.4, -0.2) is 44.0 Å². The van der Waals surface area contributed by atoms with Gasteiger partial charge in [0.25, 0.3) is 5.56 Å². The van der Waals surface area contributed by atoms with E-state index in [2.05, 4.69) is 15.3 Å². The molecule has 0 saturated carbocycles. The van der Waals surface area contributed by atoms with Crippen LogP contribution in [0.15, 0.2) is 33.9 Å². The van der Waals surface area contributed by atoms with Gasteiger partial charge < -0.3 is 15.2 Å². The summed E-state index contributed by atoms with van der Waals surface area (Å²) in [5.41, 5.74) is 1.14. The monoisotopic (exact) mass is 438 g/mol. The van der Waals surface area contributed by atoms with Crippen molar-refractivity contribution in [2.24, 2.45) is 14.1 Å². The summed E-state index contributed by atoms with van der Waals surface area (Å²) >= 11 is 0. The van der Waals surface area contributed by atoms with Crippen molar-refractivity contribution in [1.29, 1.82) is 0 Å². The zero-order chi connectivity index (χ0) is 23.2. The Labute approximate surface area is 183 Å². The van der Waals surface area contributed by atoms with Gasteiger partial charge in [0.1, 0.15) is 17.9 Å². The van der Waals surface area contributed by atoms with Crippen LogP contribution >= 0.6 is 0 Å². The number of anilines is 1. The minimum atomic E-state index is -0.455. The Morgan fingerprint density at radius 2 is 1.88 bits per heavy atom. The molecule has 1 aromatic carbocycles. The fraction of sp³-hybridized carbons (Fsp3) is 0.409. The van der Waals surface area contributed by atoms with Gasteiger partial charge in [-0.05, 0) is 11.6 Å². The van der Waals surface area contributed by atoms with Crippen LogP contribution in [0.25, 0.3) is 11.2 Å². The molecule has 0 aliphatic carbocycles. The summed E-state index contributed by atoms with van der Waals surface area (Å²) in [6.07, 6.45) is 0.680. The van der Waals surface area contributed by atoms with Gasteiger partial charge >= 0.3 is 5.69 Å². The van der Waals surface area contributed by atoms with Crippen molar-refractivity contribution in [1.82, 2.24) is 24.4 Å². The Morgan fingerprint density at radius 3 is 2.62 bits per heavy atom. The largest absolute Gasteiger partial charge is 0.354 e. The quantitative estimate of drug-likeness (QED) is 0.595. The number of carbonyl (C=O) groups excluding carboxylic acids is 2. The Bertz CT molecular complexity index is 1350. The first-order valence-electron chi connectivity index (χ1n) is 10.4. The van der Waals surface area contributed by atoms with Crippen LogP contribution < -0.4 is 21.5 Å². The molecule has 0 atom stereocenters. The zero-order valence-electron chi connectivity index (χ0n) is 18.6. The molecule has 168 valence electrons. The van der Waals surface area contributed by atoms with Crippen molar-refractivity contribution in [2.45, 2.75) is 32.1 Å². The van der Waals surface area contributed by atoms with Gasteiger partial charge in [-0.15, -0.1) is 0 Å². The average Bonchev–Trinajstić information content (AvgIpc) is 3.18. The van der Waals surface area contributed by atoms with Gasteiger partial charge in [0.05, 0.1) is 0 Å². The first-order valence-corrected chi connectivity index (χ1v) is 10.4. The molecular formula is C22H26N6O4. The second-order valence-electron chi connectivity index (χ2n) is 8.75. The van der Waals surface area contributed by atoms with Crippen LogP contribution in [0.3, 0.4) is 0 Å². The van der Waals surface area contributed by atoms with E-state index in [9.17, 15) is 19.2 Å². The number of aromatic nitrogens is 4. The molecule has 0 radical (unpaired) electrons. The molecule has 0 unspecified atom stereocenters. The number of amides is 2. The summed E-state index contributed by atoms with van der Waals surface area (Å²) in [7, 11) is 2.96. The van der Waals surface area contributed by atoms with Crippen molar-refractivity contribution in [2.75, 3.05) is 18.0 Å². The maximum atomic E-state index is 12.7. The minimum Gasteiger partial charge on any atom is -0.354 e. The number of carbonyl (C=O) groups is 2. The van der Waals surface area contributed by atoms with E-state index in [1.54, 1.807) is 7.05 Å². The topological polar surface area (TPSA) is 122 Å². The lowest BCUT2D eigenvalue weighted by molar-refractivity contribution is -0.124. The number of hydrogen-bond donors (Lipinski definition) is 2. The Kier molecular flexibility index (Phi) is 5.23. The number of imidazole rings is 1. The summed E-state index contributed by atoms with van der Waals surface area (Å²) in [6, 6.07) is 7.65.